The van der Waals surface area contributed by atoms with Gasteiger partial charge in [-0.2, -0.15) is 0 Å². The summed E-state index contributed by atoms with van der Waals surface area (Å²) in [6.45, 7) is 5.88. The first-order chi connectivity index (χ1) is 6.20. The lowest BCUT2D eigenvalue weighted by molar-refractivity contribution is 0.158. The van der Waals surface area contributed by atoms with Gasteiger partial charge in [0.05, 0.1) is 6.61 Å². The van der Waals surface area contributed by atoms with Gasteiger partial charge >= 0.3 is 0 Å². The molecule has 1 unspecified atom stereocenters. The van der Waals surface area contributed by atoms with Gasteiger partial charge in [-0.25, -0.2) is 0 Å². The van der Waals surface area contributed by atoms with Gasteiger partial charge < -0.3 is 15.3 Å². The van der Waals surface area contributed by atoms with Crippen molar-refractivity contribution < 1.29 is 5.11 Å². The fourth-order valence-corrected chi connectivity index (χ4v) is 1.69. The van der Waals surface area contributed by atoms with Crippen molar-refractivity contribution in [3.8, 4) is 0 Å². The molecule has 0 bridgehead atoms. The van der Waals surface area contributed by atoms with Crippen LogP contribution in [0.25, 0.3) is 0 Å². The monoisotopic (exact) mass is 186 g/mol. The highest BCUT2D eigenvalue weighted by atomic mass is 16.3. The van der Waals surface area contributed by atoms with E-state index in [2.05, 4.69) is 17.1 Å². The highest BCUT2D eigenvalue weighted by Gasteiger charge is 2.22. The van der Waals surface area contributed by atoms with Gasteiger partial charge in [-0.15, -0.1) is 0 Å². The molecule has 0 aromatic carbocycles. The second kappa shape index (κ2) is 4.94. The fraction of sp³-hybridized carbons (Fsp3) is 1.00. The minimum Gasteiger partial charge on any atom is -0.394 e. The van der Waals surface area contributed by atoms with Gasteiger partial charge in [-0.3, -0.25) is 0 Å². The summed E-state index contributed by atoms with van der Waals surface area (Å²) in [5.74, 6) is 0. The summed E-state index contributed by atoms with van der Waals surface area (Å²) in [5.41, 5.74) is -0.0947. The molecular formula is C10H22N2O. The molecule has 1 atom stereocenters. The Balaban J connectivity index is 2.22. The van der Waals surface area contributed by atoms with Crippen molar-refractivity contribution >= 4 is 0 Å². The molecule has 2 N–H and O–H groups in total. The Morgan fingerprint density at radius 1 is 1.38 bits per heavy atom. The number of nitrogens with one attached hydrogen (secondary N) is 1. The highest BCUT2D eigenvalue weighted by molar-refractivity contribution is 4.82. The quantitative estimate of drug-likeness (QED) is 0.654. The predicted molar refractivity (Wildman–Crippen MR) is 54.8 cm³/mol. The standard InChI is InChI=1S/C10H22N2O/c1-10(9-13,11-2)5-8-12-6-3-4-7-12/h11,13H,3-9H2,1-2H3. The van der Waals surface area contributed by atoms with E-state index in [9.17, 15) is 5.11 Å². The molecule has 0 radical (unpaired) electrons. The van der Waals surface area contributed by atoms with E-state index >= 15 is 0 Å². The first kappa shape index (κ1) is 11.0. The second-order valence-corrected chi connectivity index (χ2v) is 4.27. The van der Waals surface area contributed by atoms with Crippen LogP contribution in [0.1, 0.15) is 26.2 Å². The molecule has 1 heterocycles. The van der Waals surface area contributed by atoms with Crippen LogP contribution in [-0.2, 0) is 0 Å². The second-order valence-electron chi connectivity index (χ2n) is 4.27. The average Bonchev–Trinajstić information content (AvgIpc) is 2.67. The SMILES string of the molecule is CNC(C)(CO)CCN1CCCC1. The fourth-order valence-electron chi connectivity index (χ4n) is 1.69. The molecule has 1 fully saturated rings. The number of aliphatic hydroxyl groups is 1. The van der Waals surface area contributed by atoms with Crippen LogP contribution in [0.4, 0.5) is 0 Å². The third-order valence-electron chi connectivity index (χ3n) is 3.13. The van der Waals surface area contributed by atoms with E-state index in [1.807, 2.05) is 7.05 Å². The summed E-state index contributed by atoms with van der Waals surface area (Å²) in [6, 6.07) is 0. The summed E-state index contributed by atoms with van der Waals surface area (Å²) < 4.78 is 0. The lowest BCUT2D eigenvalue weighted by Crippen LogP contribution is -2.45. The maximum absolute atomic E-state index is 9.18. The van der Waals surface area contributed by atoms with Crippen molar-refractivity contribution in [3.05, 3.63) is 0 Å². The molecule has 13 heavy (non-hydrogen) atoms. The van der Waals surface area contributed by atoms with E-state index < -0.39 is 0 Å². The molecule has 0 amide bonds. The largest absolute Gasteiger partial charge is 0.394 e. The zero-order chi connectivity index (χ0) is 9.73. The van der Waals surface area contributed by atoms with Crippen LogP contribution in [-0.4, -0.2) is 48.8 Å². The predicted octanol–water partition coefficient (Wildman–Crippen LogP) is 0.443. The Morgan fingerprint density at radius 3 is 2.46 bits per heavy atom. The number of hydrogen-bond donors (Lipinski definition) is 2. The van der Waals surface area contributed by atoms with Crippen molar-refractivity contribution in [2.24, 2.45) is 0 Å². The van der Waals surface area contributed by atoms with Gasteiger partial charge in [0.25, 0.3) is 0 Å². The molecule has 1 aliphatic rings. The van der Waals surface area contributed by atoms with Crippen molar-refractivity contribution in [1.29, 1.82) is 0 Å². The van der Waals surface area contributed by atoms with E-state index in [1.54, 1.807) is 0 Å². The summed E-state index contributed by atoms with van der Waals surface area (Å²) in [5, 5.41) is 12.4. The van der Waals surface area contributed by atoms with Crippen molar-refractivity contribution in [3.63, 3.8) is 0 Å². The Morgan fingerprint density at radius 2 is 2.00 bits per heavy atom. The first-order valence-electron chi connectivity index (χ1n) is 5.22. The minimum atomic E-state index is -0.0947. The van der Waals surface area contributed by atoms with Crippen molar-refractivity contribution in [2.75, 3.05) is 33.3 Å². The lowest BCUT2D eigenvalue weighted by Gasteiger charge is -2.29. The molecule has 1 aliphatic heterocycles. The van der Waals surface area contributed by atoms with Gasteiger partial charge in [0.2, 0.25) is 0 Å². The molecule has 3 nitrogen and oxygen atoms in total. The smallest absolute Gasteiger partial charge is 0.0610 e. The maximum Gasteiger partial charge on any atom is 0.0610 e. The van der Waals surface area contributed by atoms with Crippen LogP contribution in [0.2, 0.25) is 0 Å². The molecule has 1 saturated heterocycles. The van der Waals surface area contributed by atoms with E-state index in [1.165, 1.54) is 25.9 Å². The molecule has 0 saturated carbocycles. The molecule has 0 spiro atoms. The van der Waals surface area contributed by atoms with E-state index in [0.717, 1.165) is 13.0 Å². The van der Waals surface area contributed by atoms with E-state index in [-0.39, 0.29) is 12.1 Å². The minimum absolute atomic E-state index is 0.0947. The number of aliphatic hydroxyl groups excluding tert-OH is 1. The molecule has 0 aliphatic carbocycles. The van der Waals surface area contributed by atoms with E-state index in [0.29, 0.717) is 0 Å². The number of likely N-dealkylation sites (tertiary alicyclic amines) is 1. The summed E-state index contributed by atoms with van der Waals surface area (Å²) in [4.78, 5) is 2.48. The third kappa shape index (κ3) is 3.25. The number of likely N-dealkylation sites (N-methyl/N-ethyl adjacent to an activating group) is 1. The Bertz CT molecular complexity index is 140. The Kier molecular flexibility index (Phi) is 4.16. The van der Waals surface area contributed by atoms with Crippen LogP contribution >= 0.6 is 0 Å². The molecular weight excluding hydrogens is 164 g/mol. The van der Waals surface area contributed by atoms with Crippen LogP contribution in [0.15, 0.2) is 0 Å². The molecule has 1 rings (SSSR count). The maximum atomic E-state index is 9.18. The van der Waals surface area contributed by atoms with Gasteiger partial charge in [0, 0.05) is 5.54 Å². The van der Waals surface area contributed by atoms with Crippen LogP contribution in [0.5, 0.6) is 0 Å². The summed E-state index contributed by atoms with van der Waals surface area (Å²) in [6.07, 6.45) is 3.71. The lowest BCUT2D eigenvalue weighted by atomic mass is 9.99. The van der Waals surface area contributed by atoms with Crippen LogP contribution in [0.3, 0.4) is 0 Å². The van der Waals surface area contributed by atoms with Gasteiger partial charge in [0.15, 0.2) is 0 Å². The van der Waals surface area contributed by atoms with Gasteiger partial charge in [-0.1, -0.05) is 0 Å². The first-order valence-corrected chi connectivity index (χ1v) is 5.22. The van der Waals surface area contributed by atoms with Crippen LogP contribution < -0.4 is 5.32 Å². The molecule has 78 valence electrons. The van der Waals surface area contributed by atoms with E-state index in [4.69, 9.17) is 0 Å². The molecule has 0 aromatic heterocycles. The van der Waals surface area contributed by atoms with Gasteiger partial charge in [-0.05, 0) is 52.9 Å². The third-order valence-corrected chi connectivity index (χ3v) is 3.13. The van der Waals surface area contributed by atoms with Crippen LogP contribution in [0, 0.1) is 0 Å². The number of hydrogen-bond acceptors (Lipinski definition) is 3. The Hall–Kier alpha value is -0.120. The summed E-state index contributed by atoms with van der Waals surface area (Å²) >= 11 is 0. The summed E-state index contributed by atoms with van der Waals surface area (Å²) in [7, 11) is 1.92. The van der Waals surface area contributed by atoms with Gasteiger partial charge in [0.1, 0.15) is 0 Å². The average molecular weight is 186 g/mol. The van der Waals surface area contributed by atoms with Crippen molar-refractivity contribution in [2.45, 2.75) is 31.7 Å². The molecule has 0 aromatic rings. The van der Waals surface area contributed by atoms with Crippen molar-refractivity contribution in [1.82, 2.24) is 10.2 Å². The highest BCUT2D eigenvalue weighted by Crippen LogP contribution is 2.13. The topological polar surface area (TPSA) is 35.5 Å². The number of rotatable bonds is 5. The zero-order valence-corrected chi connectivity index (χ0v) is 8.84. The molecule has 3 heteroatoms. The number of nitrogens with zero attached hydrogens (tertiary/aromatic N) is 1. The zero-order valence-electron chi connectivity index (χ0n) is 8.84. The normalized spacial score (nSPS) is 23.3. The Labute approximate surface area is 81.1 Å².